The maximum Gasteiger partial charge on any atom is 0.237 e. The van der Waals surface area contributed by atoms with Crippen molar-refractivity contribution in [1.29, 1.82) is 0 Å². The largest absolute Gasteiger partial charge is 0.335 e. The average Bonchev–Trinajstić information content (AvgIpc) is 2.96. The first kappa shape index (κ1) is 15.0. The molecule has 0 atom stereocenters. The van der Waals surface area contributed by atoms with Gasteiger partial charge < -0.3 is 10.2 Å². The molecular formula is C16H25N3O. The molecule has 0 aromatic carbocycles. The van der Waals surface area contributed by atoms with Crippen LogP contribution in [0.25, 0.3) is 0 Å². The molecule has 0 unspecified atom stereocenters. The summed E-state index contributed by atoms with van der Waals surface area (Å²) in [6.45, 7) is 5.20. The minimum atomic E-state index is 0.177. The third kappa shape index (κ3) is 4.30. The third-order valence-electron chi connectivity index (χ3n) is 3.92. The van der Waals surface area contributed by atoms with E-state index in [4.69, 9.17) is 0 Å². The molecule has 0 bridgehead atoms. The highest BCUT2D eigenvalue weighted by Crippen LogP contribution is 2.17. The van der Waals surface area contributed by atoms with Crippen molar-refractivity contribution in [3.05, 3.63) is 30.1 Å². The van der Waals surface area contributed by atoms with Crippen molar-refractivity contribution in [2.45, 2.75) is 58.2 Å². The van der Waals surface area contributed by atoms with Crippen molar-refractivity contribution >= 4 is 5.91 Å². The van der Waals surface area contributed by atoms with E-state index in [1.165, 1.54) is 25.7 Å². The van der Waals surface area contributed by atoms with Crippen molar-refractivity contribution in [2.24, 2.45) is 0 Å². The van der Waals surface area contributed by atoms with Crippen LogP contribution in [-0.4, -0.2) is 34.4 Å². The van der Waals surface area contributed by atoms with E-state index >= 15 is 0 Å². The van der Waals surface area contributed by atoms with E-state index < -0.39 is 0 Å². The highest BCUT2D eigenvalue weighted by Gasteiger charge is 2.20. The number of nitrogens with one attached hydrogen (secondary N) is 1. The summed E-state index contributed by atoms with van der Waals surface area (Å²) in [7, 11) is 0. The van der Waals surface area contributed by atoms with Crippen LogP contribution >= 0.6 is 0 Å². The van der Waals surface area contributed by atoms with Crippen LogP contribution in [0, 0.1) is 0 Å². The van der Waals surface area contributed by atoms with Gasteiger partial charge in [-0.15, -0.1) is 0 Å². The number of rotatable bonds is 6. The van der Waals surface area contributed by atoms with E-state index in [2.05, 4.69) is 24.1 Å². The lowest BCUT2D eigenvalue weighted by Crippen LogP contribution is -2.43. The predicted molar refractivity (Wildman–Crippen MR) is 80.2 cm³/mol. The Morgan fingerprint density at radius 1 is 1.45 bits per heavy atom. The zero-order valence-electron chi connectivity index (χ0n) is 12.5. The number of carbonyl (C=O) groups excluding carboxylic acids is 1. The fourth-order valence-corrected chi connectivity index (χ4v) is 2.71. The molecule has 0 spiro atoms. The van der Waals surface area contributed by atoms with Crippen LogP contribution in [0.3, 0.4) is 0 Å². The lowest BCUT2D eigenvalue weighted by atomic mass is 10.2. The molecule has 1 heterocycles. The minimum absolute atomic E-state index is 0.177. The van der Waals surface area contributed by atoms with Gasteiger partial charge in [0, 0.05) is 31.0 Å². The Balaban J connectivity index is 1.88. The van der Waals surface area contributed by atoms with Gasteiger partial charge in [0.25, 0.3) is 0 Å². The molecule has 0 saturated heterocycles. The molecule has 0 aliphatic heterocycles. The van der Waals surface area contributed by atoms with Gasteiger partial charge in [-0.25, -0.2) is 0 Å². The molecule has 1 aromatic heterocycles. The van der Waals surface area contributed by atoms with E-state index in [1.807, 2.05) is 23.2 Å². The van der Waals surface area contributed by atoms with E-state index in [0.717, 1.165) is 5.56 Å². The summed E-state index contributed by atoms with van der Waals surface area (Å²) in [6, 6.07) is 4.66. The van der Waals surface area contributed by atoms with Crippen molar-refractivity contribution in [2.75, 3.05) is 6.54 Å². The Morgan fingerprint density at radius 3 is 2.80 bits per heavy atom. The van der Waals surface area contributed by atoms with Crippen molar-refractivity contribution in [3.63, 3.8) is 0 Å². The summed E-state index contributed by atoms with van der Waals surface area (Å²) in [6.07, 6.45) is 8.57. The van der Waals surface area contributed by atoms with Crippen LogP contribution in [0.4, 0.5) is 0 Å². The molecule has 1 amide bonds. The standard InChI is InChI=1S/C16H25N3O/c1-13(2)19(12-14-6-5-9-17-10-14)16(20)11-18-15-7-3-4-8-15/h5-6,9-10,13,15,18H,3-4,7-8,11-12H2,1-2H3. The molecular weight excluding hydrogens is 250 g/mol. The highest BCUT2D eigenvalue weighted by atomic mass is 16.2. The SMILES string of the molecule is CC(C)N(Cc1cccnc1)C(=O)CNC1CCCC1. The summed E-state index contributed by atoms with van der Waals surface area (Å²) in [5, 5.41) is 3.40. The highest BCUT2D eigenvalue weighted by molar-refractivity contribution is 5.78. The second-order valence-electron chi connectivity index (χ2n) is 5.84. The number of pyridine rings is 1. The molecule has 0 radical (unpaired) electrons. The molecule has 1 saturated carbocycles. The molecule has 1 N–H and O–H groups in total. The first-order valence-corrected chi connectivity index (χ1v) is 7.58. The van der Waals surface area contributed by atoms with E-state index in [1.54, 1.807) is 6.20 Å². The quantitative estimate of drug-likeness (QED) is 0.867. The van der Waals surface area contributed by atoms with Crippen molar-refractivity contribution in [1.82, 2.24) is 15.2 Å². The molecule has 1 aliphatic carbocycles. The summed E-state index contributed by atoms with van der Waals surface area (Å²) in [5.74, 6) is 0.177. The first-order valence-electron chi connectivity index (χ1n) is 7.58. The van der Waals surface area contributed by atoms with Crippen LogP contribution in [0.5, 0.6) is 0 Å². The van der Waals surface area contributed by atoms with Crippen LogP contribution in [0.15, 0.2) is 24.5 Å². The summed E-state index contributed by atoms with van der Waals surface area (Å²) in [5.41, 5.74) is 1.08. The number of nitrogens with zero attached hydrogens (tertiary/aromatic N) is 2. The second kappa shape index (κ2) is 7.39. The minimum Gasteiger partial charge on any atom is -0.335 e. The molecule has 4 heteroatoms. The number of carbonyl (C=O) groups is 1. The zero-order chi connectivity index (χ0) is 14.4. The number of amides is 1. The van der Waals surface area contributed by atoms with Gasteiger partial charge in [-0.2, -0.15) is 0 Å². The Bertz CT molecular complexity index is 413. The zero-order valence-corrected chi connectivity index (χ0v) is 12.5. The fraction of sp³-hybridized carbons (Fsp3) is 0.625. The Morgan fingerprint density at radius 2 is 2.20 bits per heavy atom. The molecule has 1 fully saturated rings. The van der Waals surface area contributed by atoms with Gasteiger partial charge in [-0.3, -0.25) is 9.78 Å². The predicted octanol–water partition coefficient (Wildman–Crippen LogP) is 2.35. The third-order valence-corrected chi connectivity index (χ3v) is 3.92. The van der Waals surface area contributed by atoms with Crippen molar-refractivity contribution in [3.8, 4) is 0 Å². The summed E-state index contributed by atoms with van der Waals surface area (Å²) >= 11 is 0. The maximum atomic E-state index is 12.4. The van der Waals surface area contributed by atoms with E-state index in [-0.39, 0.29) is 11.9 Å². The molecule has 1 aromatic rings. The van der Waals surface area contributed by atoms with Gasteiger partial charge in [0.15, 0.2) is 0 Å². The molecule has 110 valence electrons. The topological polar surface area (TPSA) is 45.2 Å². The van der Waals surface area contributed by atoms with Gasteiger partial charge in [0.2, 0.25) is 5.91 Å². The lowest BCUT2D eigenvalue weighted by molar-refractivity contribution is -0.132. The number of hydrogen-bond donors (Lipinski definition) is 1. The second-order valence-corrected chi connectivity index (χ2v) is 5.84. The van der Waals surface area contributed by atoms with Gasteiger partial charge in [-0.1, -0.05) is 18.9 Å². The van der Waals surface area contributed by atoms with Crippen LogP contribution < -0.4 is 5.32 Å². The smallest absolute Gasteiger partial charge is 0.237 e. The molecule has 2 rings (SSSR count). The normalized spacial score (nSPS) is 15.8. The maximum absolute atomic E-state index is 12.4. The monoisotopic (exact) mass is 275 g/mol. The summed E-state index contributed by atoms with van der Waals surface area (Å²) in [4.78, 5) is 18.4. The van der Waals surface area contributed by atoms with Gasteiger partial charge in [0.1, 0.15) is 0 Å². The van der Waals surface area contributed by atoms with Crippen LogP contribution in [0.2, 0.25) is 0 Å². The Labute approximate surface area is 121 Å². The van der Waals surface area contributed by atoms with Crippen LogP contribution in [0.1, 0.15) is 45.1 Å². The summed E-state index contributed by atoms with van der Waals surface area (Å²) < 4.78 is 0. The van der Waals surface area contributed by atoms with Crippen molar-refractivity contribution < 1.29 is 4.79 Å². The molecule has 20 heavy (non-hydrogen) atoms. The Hall–Kier alpha value is -1.42. The Kier molecular flexibility index (Phi) is 5.53. The number of aromatic nitrogens is 1. The molecule has 1 aliphatic rings. The molecule has 4 nitrogen and oxygen atoms in total. The number of hydrogen-bond acceptors (Lipinski definition) is 3. The van der Waals surface area contributed by atoms with Gasteiger partial charge in [-0.05, 0) is 38.3 Å². The van der Waals surface area contributed by atoms with E-state index in [0.29, 0.717) is 19.1 Å². The lowest BCUT2D eigenvalue weighted by Gasteiger charge is -2.27. The van der Waals surface area contributed by atoms with Gasteiger partial charge in [0.05, 0.1) is 6.54 Å². The van der Waals surface area contributed by atoms with Gasteiger partial charge >= 0.3 is 0 Å². The average molecular weight is 275 g/mol. The van der Waals surface area contributed by atoms with Crippen LogP contribution in [-0.2, 0) is 11.3 Å². The fourth-order valence-electron chi connectivity index (χ4n) is 2.71. The first-order chi connectivity index (χ1) is 9.66. The van der Waals surface area contributed by atoms with E-state index in [9.17, 15) is 4.79 Å².